The van der Waals surface area contributed by atoms with Crippen molar-refractivity contribution in [2.24, 2.45) is 5.73 Å². The van der Waals surface area contributed by atoms with Crippen LogP contribution < -0.4 is 5.73 Å². The monoisotopic (exact) mass is 435 g/mol. The normalized spacial score (nSPS) is 11.8. The Morgan fingerprint density at radius 3 is 1.87 bits per heavy atom. The Kier molecular flexibility index (Phi) is 26.4. The molecular formula is C24H46NNaO4. The molecule has 0 spiro atoms. The number of ether oxygens (including phenoxy) is 2. The Morgan fingerprint density at radius 1 is 0.833 bits per heavy atom. The van der Waals surface area contributed by atoms with Crippen LogP contribution in [0.5, 0.6) is 0 Å². The summed E-state index contributed by atoms with van der Waals surface area (Å²) in [5.41, 5.74) is 5.58. The topological polar surface area (TPSA) is 78.6 Å². The first-order chi connectivity index (χ1) is 14.1. The Bertz CT molecular complexity index is 429. The molecule has 0 fully saturated rings. The van der Waals surface area contributed by atoms with Gasteiger partial charge in [-0.05, 0) is 38.5 Å². The molecule has 172 valence electrons. The summed E-state index contributed by atoms with van der Waals surface area (Å²) >= 11 is 0. The predicted octanol–water partition coefficient (Wildman–Crippen LogP) is 5.20. The van der Waals surface area contributed by atoms with Gasteiger partial charge in [0.15, 0.2) is 0 Å². The third-order valence-electron chi connectivity index (χ3n) is 5.08. The molecule has 30 heavy (non-hydrogen) atoms. The van der Waals surface area contributed by atoms with Gasteiger partial charge < -0.3 is 15.2 Å². The molecule has 1 unspecified atom stereocenters. The summed E-state index contributed by atoms with van der Waals surface area (Å²) in [4.78, 5) is 22.7. The molecule has 0 aromatic rings. The van der Waals surface area contributed by atoms with E-state index < -0.39 is 12.0 Å². The molecule has 0 saturated carbocycles. The number of hydrogen-bond acceptors (Lipinski definition) is 5. The summed E-state index contributed by atoms with van der Waals surface area (Å²) in [6, 6.07) is -0.752. The summed E-state index contributed by atoms with van der Waals surface area (Å²) in [5, 5.41) is 0. The number of methoxy groups -OCH3 is 1. The van der Waals surface area contributed by atoms with E-state index in [9.17, 15) is 9.59 Å². The second-order valence-corrected chi connectivity index (χ2v) is 7.83. The number of rotatable bonds is 20. The van der Waals surface area contributed by atoms with Crippen molar-refractivity contribution in [2.75, 3.05) is 13.7 Å². The van der Waals surface area contributed by atoms with Gasteiger partial charge in [0.05, 0.1) is 13.7 Å². The predicted molar refractivity (Wildman–Crippen MR) is 127 cm³/mol. The molecule has 1 atom stereocenters. The molecule has 0 aromatic carbocycles. The zero-order chi connectivity index (χ0) is 21.6. The van der Waals surface area contributed by atoms with Crippen molar-refractivity contribution in [1.82, 2.24) is 0 Å². The molecule has 0 bridgehead atoms. The van der Waals surface area contributed by atoms with Crippen LogP contribution in [0.1, 0.15) is 110 Å². The Hall–Kier alpha value is -0.360. The van der Waals surface area contributed by atoms with E-state index in [1.807, 2.05) is 0 Å². The van der Waals surface area contributed by atoms with Crippen LogP contribution in [0.2, 0.25) is 0 Å². The maximum atomic E-state index is 11.6. The van der Waals surface area contributed by atoms with Crippen LogP contribution >= 0.6 is 0 Å². The van der Waals surface area contributed by atoms with E-state index in [0.717, 1.165) is 12.8 Å². The van der Waals surface area contributed by atoms with E-state index in [4.69, 9.17) is 10.5 Å². The Labute approximate surface area is 207 Å². The van der Waals surface area contributed by atoms with Gasteiger partial charge in [-0.1, -0.05) is 76.9 Å². The number of carbonyl (C=O) groups excluding carboxylic acids is 2. The fourth-order valence-corrected chi connectivity index (χ4v) is 3.15. The fourth-order valence-electron chi connectivity index (χ4n) is 3.15. The van der Waals surface area contributed by atoms with Gasteiger partial charge in [0.2, 0.25) is 0 Å². The molecule has 2 N–H and O–H groups in total. The first-order valence-electron chi connectivity index (χ1n) is 11.8. The molecule has 0 aliphatic carbocycles. The molecule has 0 heterocycles. The van der Waals surface area contributed by atoms with Crippen LogP contribution in [0.3, 0.4) is 0 Å². The summed E-state index contributed by atoms with van der Waals surface area (Å²) in [7, 11) is 1.29. The van der Waals surface area contributed by atoms with Crippen molar-refractivity contribution in [2.45, 2.75) is 116 Å². The van der Waals surface area contributed by atoms with Crippen LogP contribution in [0.4, 0.5) is 0 Å². The number of carbonyl (C=O) groups is 2. The summed E-state index contributed by atoms with van der Waals surface area (Å²) < 4.78 is 9.69. The van der Waals surface area contributed by atoms with E-state index in [1.54, 1.807) is 0 Å². The van der Waals surface area contributed by atoms with Crippen LogP contribution in [0.15, 0.2) is 12.2 Å². The standard InChI is InChI=1S/C24H45NO4.Na.H/c1-3-4-5-6-7-8-9-10-11-12-13-14-15-16-17-18-21-29-23(26)20-19-22(25)24(27)28-2;;/h10-11,22H,3-9,12-21,25H2,1-2H3;;/b11-10-;;. The second-order valence-electron chi connectivity index (χ2n) is 7.83. The van der Waals surface area contributed by atoms with Crippen molar-refractivity contribution in [3.05, 3.63) is 12.2 Å². The van der Waals surface area contributed by atoms with Crippen molar-refractivity contribution < 1.29 is 19.1 Å². The second kappa shape index (κ2) is 24.9. The van der Waals surface area contributed by atoms with Crippen LogP contribution in [-0.4, -0.2) is 61.3 Å². The van der Waals surface area contributed by atoms with Gasteiger partial charge in [-0.2, -0.15) is 0 Å². The third-order valence-corrected chi connectivity index (χ3v) is 5.08. The van der Waals surface area contributed by atoms with Crippen LogP contribution in [0.25, 0.3) is 0 Å². The van der Waals surface area contributed by atoms with Gasteiger partial charge in [-0.25, -0.2) is 0 Å². The van der Waals surface area contributed by atoms with Gasteiger partial charge in [-0.15, -0.1) is 0 Å². The van der Waals surface area contributed by atoms with E-state index >= 15 is 0 Å². The average molecular weight is 436 g/mol. The molecule has 5 nitrogen and oxygen atoms in total. The summed E-state index contributed by atoms with van der Waals surface area (Å²) in [6.07, 6.45) is 22.7. The van der Waals surface area contributed by atoms with Crippen molar-refractivity contribution in [3.8, 4) is 0 Å². The molecule has 0 aromatic heterocycles. The zero-order valence-corrected chi connectivity index (χ0v) is 19.0. The Morgan fingerprint density at radius 2 is 1.33 bits per heavy atom. The molecular weight excluding hydrogens is 389 g/mol. The van der Waals surface area contributed by atoms with E-state index in [-0.39, 0.29) is 48.4 Å². The quantitative estimate of drug-likeness (QED) is 0.123. The van der Waals surface area contributed by atoms with E-state index in [0.29, 0.717) is 6.61 Å². The summed E-state index contributed by atoms with van der Waals surface area (Å²) in [5.74, 6) is -0.789. The molecule has 0 aliphatic heterocycles. The van der Waals surface area contributed by atoms with Gasteiger partial charge >= 0.3 is 41.5 Å². The first kappa shape index (κ1) is 31.8. The van der Waals surface area contributed by atoms with Gasteiger partial charge in [0, 0.05) is 6.42 Å². The minimum atomic E-state index is -0.752. The van der Waals surface area contributed by atoms with E-state index in [1.165, 1.54) is 84.2 Å². The molecule has 0 aliphatic rings. The summed E-state index contributed by atoms with van der Waals surface area (Å²) in [6.45, 7) is 2.71. The molecule has 0 saturated heterocycles. The minimum absolute atomic E-state index is 0. The third kappa shape index (κ3) is 22.3. The van der Waals surface area contributed by atoms with Gasteiger partial charge in [0.25, 0.3) is 0 Å². The molecule has 0 amide bonds. The average Bonchev–Trinajstić information content (AvgIpc) is 2.73. The van der Waals surface area contributed by atoms with Gasteiger partial charge in [0.1, 0.15) is 6.04 Å². The first-order valence-corrected chi connectivity index (χ1v) is 11.8. The number of nitrogens with two attached hydrogens (primary N) is 1. The number of esters is 2. The SMILES string of the molecule is CCCCCCCC/C=C\CCCCCCCCOC(=O)CCC(N)C(=O)OC.[NaH]. The number of unbranched alkanes of at least 4 members (excludes halogenated alkanes) is 12. The van der Waals surface area contributed by atoms with Crippen LogP contribution in [0, 0.1) is 0 Å². The van der Waals surface area contributed by atoms with Gasteiger partial charge in [-0.3, -0.25) is 9.59 Å². The van der Waals surface area contributed by atoms with E-state index in [2.05, 4.69) is 23.8 Å². The molecule has 6 heteroatoms. The molecule has 0 radical (unpaired) electrons. The van der Waals surface area contributed by atoms with Crippen molar-refractivity contribution in [3.63, 3.8) is 0 Å². The van der Waals surface area contributed by atoms with Crippen molar-refractivity contribution >= 4 is 41.5 Å². The Balaban J connectivity index is 0. The zero-order valence-electron chi connectivity index (χ0n) is 19.0. The fraction of sp³-hybridized carbons (Fsp3) is 0.833. The van der Waals surface area contributed by atoms with Crippen LogP contribution in [-0.2, 0) is 19.1 Å². The van der Waals surface area contributed by atoms with Crippen molar-refractivity contribution in [1.29, 1.82) is 0 Å². The maximum absolute atomic E-state index is 11.6. The number of allylic oxidation sites excluding steroid dienone is 2. The molecule has 0 rings (SSSR count). The number of hydrogen-bond donors (Lipinski definition) is 1.